The van der Waals surface area contributed by atoms with Crippen molar-refractivity contribution in [3.05, 3.63) is 24.0 Å². The van der Waals surface area contributed by atoms with Crippen molar-refractivity contribution in [1.29, 1.82) is 0 Å². The normalized spacial score (nSPS) is 15.6. The molecule has 1 aromatic rings. The molecule has 1 atom stereocenters. The van der Waals surface area contributed by atoms with Gasteiger partial charge < -0.3 is 20.3 Å². The lowest BCUT2D eigenvalue weighted by Crippen LogP contribution is -2.36. The number of ether oxygens (including phenoxy) is 1. The first-order valence-electron chi connectivity index (χ1n) is 7.67. The highest BCUT2D eigenvalue weighted by Gasteiger charge is 2.24. The number of methoxy groups -OCH3 is 1. The number of anilines is 2. The number of nitrogens with one attached hydrogen (secondary N) is 2. The highest BCUT2D eigenvalue weighted by atomic mass is 19.1. The summed E-state index contributed by atoms with van der Waals surface area (Å²) in [5.41, 5.74) is 0.648. The molecule has 0 aliphatic carbocycles. The molecule has 3 amide bonds. The quantitative estimate of drug-likeness (QED) is 0.845. The first kappa shape index (κ1) is 17.2. The van der Waals surface area contributed by atoms with Crippen molar-refractivity contribution >= 4 is 23.3 Å². The molecular formula is C16H22FN3O3. The SMILES string of the molecule is COCC[C@@H](C)NC(=O)Nc1ccc(F)c(N2CCCC2=O)c1. The Bertz CT molecular complexity index is 580. The van der Waals surface area contributed by atoms with E-state index in [4.69, 9.17) is 4.74 Å². The molecule has 23 heavy (non-hydrogen) atoms. The van der Waals surface area contributed by atoms with Gasteiger partial charge in [0.1, 0.15) is 5.82 Å². The zero-order valence-corrected chi connectivity index (χ0v) is 13.4. The van der Waals surface area contributed by atoms with Crippen LogP contribution in [-0.2, 0) is 9.53 Å². The van der Waals surface area contributed by atoms with Crippen molar-refractivity contribution in [2.24, 2.45) is 0 Å². The number of benzene rings is 1. The Hall–Kier alpha value is -2.15. The molecule has 2 N–H and O–H groups in total. The molecular weight excluding hydrogens is 301 g/mol. The van der Waals surface area contributed by atoms with Crippen LogP contribution in [0.15, 0.2) is 18.2 Å². The number of amides is 3. The molecule has 126 valence electrons. The van der Waals surface area contributed by atoms with E-state index < -0.39 is 5.82 Å². The third-order valence-corrected chi connectivity index (χ3v) is 3.70. The van der Waals surface area contributed by atoms with Crippen LogP contribution in [0.1, 0.15) is 26.2 Å². The van der Waals surface area contributed by atoms with Gasteiger partial charge in [-0.15, -0.1) is 0 Å². The topological polar surface area (TPSA) is 70.7 Å². The summed E-state index contributed by atoms with van der Waals surface area (Å²) in [6.45, 7) is 2.93. The summed E-state index contributed by atoms with van der Waals surface area (Å²) in [4.78, 5) is 25.1. The lowest BCUT2D eigenvalue weighted by molar-refractivity contribution is -0.117. The molecule has 1 saturated heterocycles. The van der Waals surface area contributed by atoms with Crippen LogP contribution in [-0.4, -0.2) is 38.2 Å². The standard InChI is InChI=1S/C16H22FN3O3/c1-11(7-9-23-2)18-16(22)19-12-5-6-13(17)14(10-12)20-8-3-4-15(20)21/h5-6,10-11H,3-4,7-9H2,1-2H3,(H2,18,19,22)/t11-/m1/s1. The molecule has 1 heterocycles. The molecule has 1 aromatic carbocycles. The molecule has 0 radical (unpaired) electrons. The Kier molecular flexibility index (Phi) is 5.92. The molecule has 6 nitrogen and oxygen atoms in total. The summed E-state index contributed by atoms with van der Waals surface area (Å²) in [6.07, 6.45) is 1.84. The first-order valence-corrected chi connectivity index (χ1v) is 7.67. The van der Waals surface area contributed by atoms with Gasteiger partial charge in [-0.1, -0.05) is 0 Å². The van der Waals surface area contributed by atoms with Crippen molar-refractivity contribution in [2.75, 3.05) is 30.5 Å². The number of urea groups is 1. The molecule has 0 saturated carbocycles. The Morgan fingerprint density at radius 3 is 2.91 bits per heavy atom. The lowest BCUT2D eigenvalue weighted by atomic mass is 10.2. The van der Waals surface area contributed by atoms with Crippen LogP contribution in [0.5, 0.6) is 0 Å². The van der Waals surface area contributed by atoms with Crippen molar-refractivity contribution in [3.63, 3.8) is 0 Å². The lowest BCUT2D eigenvalue weighted by Gasteiger charge is -2.18. The minimum Gasteiger partial charge on any atom is -0.385 e. The fourth-order valence-electron chi connectivity index (χ4n) is 2.46. The van der Waals surface area contributed by atoms with E-state index in [0.29, 0.717) is 38.1 Å². The second kappa shape index (κ2) is 7.92. The number of hydrogen-bond donors (Lipinski definition) is 2. The Balaban J connectivity index is 2.00. The highest BCUT2D eigenvalue weighted by molar-refractivity contribution is 5.97. The number of carbonyl (C=O) groups is 2. The predicted molar refractivity (Wildman–Crippen MR) is 86.1 cm³/mol. The van der Waals surface area contributed by atoms with Crippen LogP contribution in [0, 0.1) is 5.82 Å². The minimum atomic E-state index is -0.473. The van der Waals surface area contributed by atoms with Crippen LogP contribution >= 0.6 is 0 Å². The van der Waals surface area contributed by atoms with E-state index in [1.54, 1.807) is 7.11 Å². The molecule has 7 heteroatoms. The summed E-state index contributed by atoms with van der Waals surface area (Å²) < 4.78 is 18.9. The van der Waals surface area contributed by atoms with Crippen LogP contribution in [0.3, 0.4) is 0 Å². The fraction of sp³-hybridized carbons (Fsp3) is 0.500. The maximum Gasteiger partial charge on any atom is 0.319 e. The Morgan fingerprint density at radius 1 is 1.48 bits per heavy atom. The van der Waals surface area contributed by atoms with E-state index in [-0.39, 0.29) is 23.7 Å². The van der Waals surface area contributed by atoms with Gasteiger partial charge in [-0.3, -0.25) is 4.79 Å². The molecule has 0 bridgehead atoms. The van der Waals surface area contributed by atoms with Gasteiger partial charge in [0.05, 0.1) is 5.69 Å². The van der Waals surface area contributed by atoms with Crippen molar-refractivity contribution < 1.29 is 18.7 Å². The van der Waals surface area contributed by atoms with Gasteiger partial charge in [0.2, 0.25) is 5.91 Å². The zero-order chi connectivity index (χ0) is 16.8. The Labute approximate surface area is 135 Å². The van der Waals surface area contributed by atoms with Gasteiger partial charge in [-0.05, 0) is 38.0 Å². The van der Waals surface area contributed by atoms with Gasteiger partial charge in [-0.25, -0.2) is 9.18 Å². The van der Waals surface area contributed by atoms with Crippen LogP contribution in [0.4, 0.5) is 20.6 Å². The van der Waals surface area contributed by atoms with E-state index in [1.165, 1.54) is 23.1 Å². The summed E-state index contributed by atoms with van der Waals surface area (Å²) >= 11 is 0. The fourth-order valence-corrected chi connectivity index (χ4v) is 2.46. The first-order chi connectivity index (χ1) is 11.0. The van der Waals surface area contributed by atoms with E-state index in [2.05, 4.69) is 10.6 Å². The number of rotatable bonds is 6. The van der Waals surface area contributed by atoms with Crippen molar-refractivity contribution in [1.82, 2.24) is 5.32 Å². The largest absolute Gasteiger partial charge is 0.385 e. The third kappa shape index (κ3) is 4.66. The van der Waals surface area contributed by atoms with E-state index in [0.717, 1.165) is 0 Å². The number of hydrogen-bond acceptors (Lipinski definition) is 3. The second-order valence-electron chi connectivity index (χ2n) is 5.60. The summed E-state index contributed by atoms with van der Waals surface area (Å²) in [5, 5.41) is 5.43. The maximum atomic E-state index is 13.9. The number of carbonyl (C=O) groups excluding carboxylic acids is 2. The summed E-state index contributed by atoms with van der Waals surface area (Å²) in [6, 6.07) is 3.79. The molecule has 1 fully saturated rings. The molecule has 0 aromatic heterocycles. The van der Waals surface area contributed by atoms with Gasteiger partial charge in [-0.2, -0.15) is 0 Å². The van der Waals surface area contributed by atoms with Gasteiger partial charge >= 0.3 is 6.03 Å². The van der Waals surface area contributed by atoms with E-state index >= 15 is 0 Å². The highest BCUT2D eigenvalue weighted by Crippen LogP contribution is 2.27. The average Bonchev–Trinajstić information content (AvgIpc) is 2.93. The van der Waals surface area contributed by atoms with Crippen LogP contribution in [0.25, 0.3) is 0 Å². The zero-order valence-electron chi connectivity index (χ0n) is 13.4. The molecule has 0 spiro atoms. The smallest absolute Gasteiger partial charge is 0.319 e. The van der Waals surface area contributed by atoms with E-state index in [9.17, 15) is 14.0 Å². The second-order valence-corrected chi connectivity index (χ2v) is 5.60. The Morgan fingerprint density at radius 2 is 2.26 bits per heavy atom. The third-order valence-electron chi connectivity index (χ3n) is 3.70. The molecule has 0 unspecified atom stereocenters. The molecule has 1 aliphatic rings. The average molecular weight is 323 g/mol. The predicted octanol–water partition coefficient (Wildman–Crippen LogP) is 2.50. The summed E-state index contributed by atoms with van der Waals surface area (Å²) in [5.74, 6) is -0.571. The summed E-state index contributed by atoms with van der Waals surface area (Å²) in [7, 11) is 1.60. The van der Waals surface area contributed by atoms with Crippen LogP contribution < -0.4 is 15.5 Å². The van der Waals surface area contributed by atoms with Crippen LogP contribution in [0.2, 0.25) is 0 Å². The van der Waals surface area contributed by atoms with E-state index in [1.807, 2.05) is 6.92 Å². The van der Waals surface area contributed by atoms with Gasteiger partial charge in [0, 0.05) is 38.4 Å². The van der Waals surface area contributed by atoms with Gasteiger partial charge in [0.15, 0.2) is 0 Å². The molecule has 2 rings (SSSR count). The monoisotopic (exact) mass is 323 g/mol. The van der Waals surface area contributed by atoms with Gasteiger partial charge in [0.25, 0.3) is 0 Å². The van der Waals surface area contributed by atoms with Crippen molar-refractivity contribution in [2.45, 2.75) is 32.2 Å². The number of nitrogens with zero attached hydrogens (tertiary/aromatic N) is 1. The maximum absolute atomic E-state index is 13.9. The molecule has 1 aliphatic heterocycles. The minimum absolute atomic E-state index is 0.0463. The van der Waals surface area contributed by atoms with Crippen molar-refractivity contribution in [3.8, 4) is 0 Å². The number of halogens is 1.